The van der Waals surface area contributed by atoms with E-state index in [1.54, 1.807) is 11.6 Å². The van der Waals surface area contributed by atoms with Crippen LogP contribution < -0.4 is 0 Å². The lowest BCUT2D eigenvalue weighted by molar-refractivity contribution is 1.40. The number of rotatable bonds is 1. The van der Waals surface area contributed by atoms with E-state index in [0.717, 1.165) is 21.4 Å². The summed E-state index contributed by atoms with van der Waals surface area (Å²) in [5.74, 6) is 0. The number of nitrogens with zero attached hydrogens (tertiary/aromatic N) is 1. The average Bonchev–Trinajstić information content (AvgIpc) is 2.27. The Bertz CT molecular complexity index is 491. The van der Waals surface area contributed by atoms with Gasteiger partial charge in [-0.15, -0.1) is 12.6 Å². The first-order valence-electron chi connectivity index (χ1n) is 4.20. The van der Waals surface area contributed by atoms with E-state index in [-0.39, 0.29) is 0 Å². The third-order valence-electron chi connectivity index (χ3n) is 2.01. The fraction of sp³-hybridized carbons (Fsp3) is 0. The van der Waals surface area contributed by atoms with E-state index in [9.17, 15) is 0 Å². The van der Waals surface area contributed by atoms with Gasteiger partial charge in [0.05, 0.1) is 5.52 Å². The highest BCUT2D eigenvalue weighted by Crippen LogP contribution is 2.21. The molecule has 14 heavy (non-hydrogen) atoms. The van der Waals surface area contributed by atoms with Crippen molar-refractivity contribution in [2.24, 2.45) is 0 Å². The second-order valence-corrected chi connectivity index (χ2v) is 3.67. The molecule has 0 aliphatic rings. The first kappa shape index (κ1) is 9.62. The number of hydrogen-bond acceptors (Lipinski definition) is 3. The van der Waals surface area contributed by atoms with E-state index in [1.165, 1.54) is 0 Å². The van der Waals surface area contributed by atoms with Gasteiger partial charge in [0.15, 0.2) is 0 Å². The molecule has 0 unspecified atom stereocenters. The van der Waals surface area contributed by atoms with Crippen molar-refractivity contribution in [2.75, 3.05) is 0 Å². The van der Waals surface area contributed by atoms with Gasteiger partial charge < -0.3 is 0 Å². The van der Waals surface area contributed by atoms with Crippen molar-refractivity contribution in [1.29, 1.82) is 0 Å². The molecule has 0 aliphatic carbocycles. The summed E-state index contributed by atoms with van der Waals surface area (Å²) >= 11 is 8.34. The Morgan fingerprint density at radius 2 is 2.07 bits per heavy atom. The molecule has 1 aromatic heterocycles. The summed E-state index contributed by atoms with van der Waals surface area (Å²) in [4.78, 5) is 5.15. The Labute approximate surface area is 93.7 Å². The summed E-state index contributed by atoms with van der Waals surface area (Å²) < 4.78 is 0. The second-order valence-electron chi connectivity index (χ2n) is 2.93. The van der Waals surface area contributed by atoms with E-state index in [2.05, 4.69) is 36.3 Å². The highest BCUT2D eigenvalue weighted by atomic mass is 32.1. The minimum atomic E-state index is 0.826. The van der Waals surface area contributed by atoms with Crippen LogP contribution in [-0.2, 0) is 0 Å². The minimum Gasteiger partial charge on any atom is -0.256 e. The van der Waals surface area contributed by atoms with Crippen LogP contribution in [0.25, 0.3) is 15.8 Å². The SMILES string of the molecule is S/C=C(\S)c1cnc2ccccc2c1. The molecular weight excluding hydrogens is 210 g/mol. The Morgan fingerprint density at radius 1 is 1.29 bits per heavy atom. The molecule has 0 radical (unpaired) electrons. The Kier molecular flexibility index (Phi) is 2.79. The molecule has 0 fully saturated rings. The quantitative estimate of drug-likeness (QED) is 0.701. The normalized spacial score (nSPS) is 12.0. The van der Waals surface area contributed by atoms with E-state index in [1.807, 2.05) is 24.3 Å². The van der Waals surface area contributed by atoms with Crippen LogP contribution in [0.15, 0.2) is 41.9 Å². The molecule has 0 N–H and O–H groups in total. The van der Waals surface area contributed by atoms with Crippen LogP contribution in [-0.4, -0.2) is 4.98 Å². The summed E-state index contributed by atoms with van der Waals surface area (Å²) in [6, 6.07) is 10.0. The largest absolute Gasteiger partial charge is 0.256 e. The van der Waals surface area contributed by atoms with E-state index in [4.69, 9.17) is 0 Å². The van der Waals surface area contributed by atoms with E-state index in [0.29, 0.717) is 0 Å². The van der Waals surface area contributed by atoms with Gasteiger partial charge in [-0.05, 0) is 17.5 Å². The number of thiol groups is 2. The van der Waals surface area contributed by atoms with Crippen molar-refractivity contribution >= 4 is 41.1 Å². The lowest BCUT2D eigenvalue weighted by atomic mass is 10.1. The maximum atomic E-state index is 4.33. The van der Waals surface area contributed by atoms with Crippen molar-refractivity contribution in [3.63, 3.8) is 0 Å². The predicted octanol–water partition coefficient (Wildman–Crippen LogP) is 3.39. The highest BCUT2D eigenvalue weighted by Gasteiger charge is 1.98. The fourth-order valence-electron chi connectivity index (χ4n) is 1.29. The van der Waals surface area contributed by atoms with Crippen molar-refractivity contribution in [3.05, 3.63) is 47.5 Å². The zero-order valence-electron chi connectivity index (χ0n) is 7.38. The van der Waals surface area contributed by atoms with Gasteiger partial charge in [0.2, 0.25) is 0 Å². The molecule has 3 heteroatoms. The smallest absolute Gasteiger partial charge is 0.0702 e. The van der Waals surface area contributed by atoms with E-state index >= 15 is 0 Å². The zero-order valence-corrected chi connectivity index (χ0v) is 9.17. The molecule has 0 bridgehead atoms. The van der Waals surface area contributed by atoms with Crippen molar-refractivity contribution in [1.82, 2.24) is 4.98 Å². The minimum absolute atomic E-state index is 0.826. The summed E-state index contributed by atoms with van der Waals surface area (Å²) in [6.07, 6.45) is 1.80. The molecule has 0 spiro atoms. The number of para-hydroxylation sites is 1. The topological polar surface area (TPSA) is 12.9 Å². The second kappa shape index (κ2) is 4.07. The lowest BCUT2D eigenvalue weighted by Gasteiger charge is -2.01. The molecule has 0 aliphatic heterocycles. The van der Waals surface area contributed by atoms with Crippen LogP contribution >= 0.6 is 25.3 Å². The van der Waals surface area contributed by atoms with Gasteiger partial charge in [0, 0.05) is 22.1 Å². The van der Waals surface area contributed by atoms with Gasteiger partial charge >= 0.3 is 0 Å². The summed E-state index contributed by atoms with van der Waals surface area (Å²) in [7, 11) is 0. The Morgan fingerprint density at radius 3 is 2.86 bits per heavy atom. The molecule has 0 saturated carbocycles. The van der Waals surface area contributed by atoms with Crippen LogP contribution in [0, 0.1) is 0 Å². The van der Waals surface area contributed by atoms with Gasteiger partial charge in [0.25, 0.3) is 0 Å². The molecule has 0 atom stereocenters. The first-order chi connectivity index (χ1) is 6.81. The van der Waals surface area contributed by atoms with Gasteiger partial charge in [-0.3, -0.25) is 4.98 Å². The monoisotopic (exact) mass is 219 g/mol. The van der Waals surface area contributed by atoms with Crippen molar-refractivity contribution in [2.45, 2.75) is 0 Å². The summed E-state index contributed by atoms with van der Waals surface area (Å²) in [5.41, 5.74) is 1.98. The molecule has 1 aromatic carbocycles. The molecule has 1 heterocycles. The predicted molar refractivity (Wildman–Crippen MR) is 67.7 cm³/mol. The van der Waals surface area contributed by atoms with Gasteiger partial charge in [-0.25, -0.2) is 0 Å². The maximum absolute atomic E-state index is 4.33. The lowest BCUT2D eigenvalue weighted by Crippen LogP contribution is -1.82. The number of benzene rings is 1. The van der Waals surface area contributed by atoms with Crippen molar-refractivity contribution < 1.29 is 0 Å². The molecule has 2 aromatic rings. The van der Waals surface area contributed by atoms with Gasteiger partial charge in [-0.1, -0.05) is 18.2 Å². The van der Waals surface area contributed by atoms with Crippen LogP contribution in [0.3, 0.4) is 0 Å². The molecule has 2 rings (SSSR count). The number of hydrogen-bond donors (Lipinski definition) is 2. The maximum Gasteiger partial charge on any atom is 0.0702 e. The first-order valence-corrected chi connectivity index (χ1v) is 5.16. The third-order valence-corrected chi connectivity index (χ3v) is 2.86. The van der Waals surface area contributed by atoms with Crippen LogP contribution in [0.2, 0.25) is 0 Å². The Hall–Kier alpha value is -0.930. The van der Waals surface area contributed by atoms with Crippen LogP contribution in [0.4, 0.5) is 0 Å². The van der Waals surface area contributed by atoms with Gasteiger partial charge in [0.1, 0.15) is 0 Å². The standard InChI is InChI=1S/C11H9NS2/c13-7-11(14)9-5-8-3-1-2-4-10(8)12-6-9/h1-7,13-14H/b11-7-. The number of pyridine rings is 1. The highest BCUT2D eigenvalue weighted by molar-refractivity contribution is 7.92. The fourth-order valence-corrected chi connectivity index (χ4v) is 1.56. The van der Waals surface area contributed by atoms with Crippen LogP contribution in [0.5, 0.6) is 0 Å². The average molecular weight is 219 g/mol. The third kappa shape index (κ3) is 1.79. The summed E-state index contributed by atoms with van der Waals surface area (Å²) in [5, 5.41) is 2.78. The molecule has 70 valence electrons. The molecule has 0 amide bonds. The number of fused-ring (bicyclic) bond motifs is 1. The van der Waals surface area contributed by atoms with Gasteiger partial charge in [-0.2, -0.15) is 12.6 Å². The zero-order chi connectivity index (χ0) is 9.97. The van der Waals surface area contributed by atoms with E-state index < -0.39 is 0 Å². The molecule has 0 saturated heterocycles. The Balaban J connectivity index is 2.62. The molecular formula is C11H9NS2. The number of aromatic nitrogens is 1. The molecule has 1 nitrogen and oxygen atoms in total. The summed E-state index contributed by atoms with van der Waals surface area (Å²) in [6.45, 7) is 0. The van der Waals surface area contributed by atoms with Crippen molar-refractivity contribution in [3.8, 4) is 0 Å². The van der Waals surface area contributed by atoms with Crippen LogP contribution in [0.1, 0.15) is 5.56 Å².